The number of carboxylic acids is 1. The summed E-state index contributed by atoms with van der Waals surface area (Å²) in [5.74, 6) is -0.858. The fourth-order valence-electron chi connectivity index (χ4n) is 3.22. The number of unbranched alkanes of at least 4 members (excludes halogenated alkanes) is 1. The summed E-state index contributed by atoms with van der Waals surface area (Å²) in [6.45, 7) is 2.00. The van der Waals surface area contributed by atoms with Crippen LogP contribution < -0.4 is 0 Å². The molecule has 1 N–H and O–H groups in total. The zero-order chi connectivity index (χ0) is 20.8. The minimum atomic E-state index is -0.786. The van der Waals surface area contributed by atoms with Crippen LogP contribution in [0.25, 0.3) is 11.0 Å². The van der Waals surface area contributed by atoms with Gasteiger partial charge in [0.25, 0.3) is 5.91 Å². The Kier molecular flexibility index (Phi) is 6.54. The van der Waals surface area contributed by atoms with E-state index in [1.807, 2.05) is 43.3 Å². The molecular weight excluding hydrogens is 366 g/mol. The lowest BCUT2D eigenvalue weighted by molar-refractivity contribution is -0.137. The summed E-state index contributed by atoms with van der Waals surface area (Å²) in [4.78, 5) is 34.4. The van der Waals surface area contributed by atoms with Crippen molar-refractivity contribution in [3.05, 3.63) is 71.5 Å². The van der Waals surface area contributed by atoms with E-state index in [-0.39, 0.29) is 18.4 Å². The van der Waals surface area contributed by atoms with Crippen LogP contribution in [0.5, 0.6) is 0 Å². The van der Waals surface area contributed by atoms with Gasteiger partial charge in [-0.3, -0.25) is 14.6 Å². The minimum Gasteiger partial charge on any atom is -0.481 e. The van der Waals surface area contributed by atoms with Crippen LogP contribution in [0.2, 0.25) is 0 Å². The van der Waals surface area contributed by atoms with Crippen LogP contribution in [0.1, 0.15) is 53.8 Å². The van der Waals surface area contributed by atoms with Gasteiger partial charge in [0.1, 0.15) is 0 Å². The van der Waals surface area contributed by atoms with Crippen molar-refractivity contribution in [1.29, 1.82) is 0 Å². The highest BCUT2D eigenvalue weighted by Crippen LogP contribution is 2.22. The van der Waals surface area contributed by atoms with Crippen molar-refractivity contribution in [3.8, 4) is 0 Å². The van der Waals surface area contributed by atoms with Crippen LogP contribution in [-0.2, 0) is 11.2 Å². The molecule has 150 valence electrons. The number of nitrogens with zero attached hydrogens (tertiary/aromatic N) is 3. The number of aliphatic carboxylic acids is 1. The monoisotopic (exact) mass is 391 g/mol. The molecule has 0 radical (unpaired) electrons. The molecule has 1 aromatic heterocycles. The summed E-state index contributed by atoms with van der Waals surface area (Å²) in [5.41, 5.74) is 3.85. The van der Waals surface area contributed by atoms with Gasteiger partial charge in [-0.05, 0) is 49.9 Å². The topological polar surface area (TPSA) is 83.4 Å². The number of hydrogen-bond donors (Lipinski definition) is 1. The number of benzene rings is 2. The van der Waals surface area contributed by atoms with Crippen molar-refractivity contribution in [2.75, 3.05) is 7.05 Å². The van der Waals surface area contributed by atoms with Crippen molar-refractivity contribution in [3.63, 3.8) is 0 Å². The van der Waals surface area contributed by atoms with E-state index in [4.69, 9.17) is 5.11 Å². The van der Waals surface area contributed by atoms with Gasteiger partial charge in [-0.15, -0.1) is 0 Å². The number of aryl methyl sites for hydroxylation is 1. The fourth-order valence-corrected chi connectivity index (χ4v) is 3.22. The molecule has 0 fully saturated rings. The Morgan fingerprint density at radius 2 is 1.83 bits per heavy atom. The molecule has 0 saturated carbocycles. The molecular formula is C23H25N3O3. The third-order valence-electron chi connectivity index (χ3n) is 5.10. The zero-order valence-electron chi connectivity index (χ0n) is 16.7. The van der Waals surface area contributed by atoms with Crippen LogP contribution in [0.15, 0.2) is 54.7 Å². The Bertz CT molecular complexity index is 1000. The third-order valence-corrected chi connectivity index (χ3v) is 5.10. The van der Waals surface area contributed by atoms with Crippen LogP contribution in [-0.4, -0.2) is 38.9 Å². The average molecular weight is 391 g/mol. The number of carboxylic acid groups (broad SMARTS) is 1. The lowest BCUT2D eigenvalue weighted by Crippen LogP contribution is -2.29. The summed E-state index contributed by atoms with van der Waals surface area (Å²) < 4.78 is 0. The largest absolute Gasteiger partial charge is 0.481 e. The molecule has 3 rings (SSSR count). The molecule has 0 spiro atoms. The SMILES string of the molecule is C[C@@H](c1ccccc1)N(C)C(=O)c1ccc2ncc(CCCCC(=O)O)nc2c1. The van der Waals surface area contributed by atoms with E-state index in [1.165, 1.54) is 0 Å². The standard InChI is InChI=1S/C23H25N3O3/c1-16(17-8-4-3-5-9-17)26(2)23(29)18-12-13-20-21(14-18)25-19(15-24-20)10-6-7-11-22(27)28/h3-5,8-9,12-16H,6-7,10-11H2,1-2H3,(H,27,28)/t16-/m0/s1. The number of fused-ring (bicyclic) bond motifs is 1. The number of aromatic nitrogens is 2. The second-order valence-electron chi connectivity index (χ2n) is 7.17. The molecule has 6 heteroatoms. The molecule has 0 aliphatic heterocycles. The van der Waals surface area contributed by atoms with E-state index < -0.39 is 5.97 Å². The normalized spacial score (nSPS) is 11.9. The Labute approximate surface area is 170 Å². The number of rotatable bonds is 8. The molecule has 1 heterocycles. The van der Waals surface area contributed by atoms with E-state index in [0.717, 1.165) is 23.2 Å². The van der Waals surface area contributed by atoms with Gasteiger partial charge in [-0.1, -0.05) is 30.3 Å². The quantitative estimate of drug-likeness (QED) is 0.580. The van der Waals surface area contributed by atoms with Crippen molar-refractivity contribution in [2.45, 2.75) is 38.6 Å². The molecule has 1 amide bonds. The smallest absolute Gasteiger partial charge is 0.303 e. The van der Waals surface area contributed by atoms with Crippen LogP contribution in [0, 0.1) is 0 Å². The first kappa shape index (κ1) is 20.5. The van der Waals surface area contributed by atoms with Gasteiger partial charge in [0.05, 0.1) is 22.8 Å². The number of amides is 1. The van der Waals surface area contributed by atoms with Gasteiger partial charge in [-0.2, -0.15) is 0 Å². The first-order chi connectivity index (χ1) is 14.0. The Balaban J connectivity index is 1.75. The summed E-state index contributed by atoms with van der Waals surface area (Å²) in [6.07, 6.45) is 3.89. The average Bonchev–Trinajstić information content (AvgIpc) is 2.75. The van der Waals surface area contributed by atoms with E-state index in [0.29, 0.717) is 23.9 Å². The predicted molar refractivity (Wildman–Crippen MR) is 112 cm³/mol. The lowest BCUT2D eigenvalue weighted by atomic mass is 10.1. The van der Waals surface area contributed by atoms with Crippen molar-refractivity contribution in [2.24, 2.45) is 0 Å². The zero-order valence-corrected chi connectivity index (χ0v) is 16.7. The Morgan fingerprint density at radius 1 is 1.07 bits per heavy atom. The van der Waals surface area contributed by atoms with Gasteiger partial charge in [-0.25, -0.2) is 4.98 Å². The Morgan fingerprint density at radius 3 is 2.55 bits per heavy atom. The second kappa shape index (κ2) is 9.28. The van der Waals surface area contributed by atoms with Gasteiger partial charge in [0.2, 0.25) is 0 Å². The molecule has 1 atom stereocenters. The van der Waals surface area contributed by atoms with E-state index >= 15 is 0 Å². The predicted octanol–water partition coefficient (Wildman–Crippen LogP) is 4.26. The van der Waals surface area contributed by atoms with Crippen molar-refractivity contribution in [1.82, 2.24) is 14.9 Å². The number of carbonyl (C=O) groups is 2. The van der Waals surface area contributed by atoms with Crippen molar-refractivity contribution < 1.29 is 14.7 Å². The first-order valence-electron chi connectivity index (χ1n) is 9.75. The van der Waals surface area contributed by atoms with Gasteiger partial charge >= 0.3 is 5.97 Å². The molecule has 0 bridgehead atoms. The molecule has 0 aliphatic carbocycles. The molecule has 6 nitrogen and oxygen atoms in total. The number of carbonyl (C=O) groups excluding carboxylic acids is 1. The van der Waals surface area contributed by atoms with E-state index in [1.54, 1.807) is 30.3 Å². The van der Waals surface area contributed by atoms with E-state index in [9.17, 15) is 9.59 Å². The summed E-state index contributed by atoms with van der Waals surface area (Å²) >= 11 is 0. The van der Waals surface area contributed by atoms with Gasteiger partial charge in [0, 0.05) is 25.2 Å². The van der Waals surface area contributed by atoms with Crippen LogP contribution >= 0.6 is 0 Å². The molecule has 3 aromatic rings. The van der Waals surface area contributed by atoms with Gasteiger partial charge < -0.3 is 10.0 Å². The second-order valence-corrected chi connectivity index (χ2v) is 7.17. The highest BCUT2D eigenvalue weighted by molar-refractivity contribution is 5.97. The summed E-state index contributed by atoms with van der Waals surface area (Å²) in [7, 11) is 1.80. The summed E-state index contributed by atoms with van der Waals surface area (Å²) in [5, 5.41) is 8.73. The molecule has 0 aliphatic rings. The van der Waals surface area contributed by atoms with Gasteiger partial charge in [0.15, 0.2) is 0 Å². The van der Waals surface area contributed by atoms with Crippen LogP contribution in [0.4, 0.5) is 0 Å². The summed E-state index contributed by atoms with van der Waals surface area (Å²) in [6, 6.07) is 15.2. The maximum atomic E-state index is 13.0. The lowest BCUT2D eigenvalue weighted by Gasteiger charge is -2.25. The first-order valence-corrected chi connectivity index (χ1v) is 9.75. The van der Waals surface area contributed by atoms with Crippen LogP contribution in [0.3, 0.4) is 0 Å². The minimum absolute atomic E-state index is 0.0500. The molecule has 29 heavy (non-hydrogen) atoms. The number of hydrogen-bond acceptors (Lipinski definition) is 4. The maximum Gasteiger partial charge on any atom is 0.303 e. The van der Waals surface area contributed by atoms with E-state index in [2.05, 4.69) is 9.97 Å². The van der Waals surface area contributed by atoms with Crippen molar-refractivity contribution >= 4 is 22.9 Å². The fraction of sp³-hybridized carbons (Fsp3) is 0.304. The molecule has 0 unspecified atom stereocenters. The molecule has 0 saturated heterocycles. The maximum absolute atomic E-state index is 13.0. The highest BCUT2D eigenvalue weighted by Gasteiger charge is 2.19. The highest BCUT2D eigenvalue weighted by atomic mass is 16.4. The molecule has 2 aromatic carbocycles. The third kappa shape index (κ3) is 5.16. The Hall–Kier alpha value is -3.28.